The molecular formula is C11H26O4. The molecule has 4 heteroatoms. The highest BCUT2D eigenvalue weighted by Crippen LogP contribution is 1.87. The summed E-state index contributed by atoms with van der Waals surface area (Å²) >= 11 is 0. The molecule has 4 nitrogen and oxygen atoms in total. The molecule has 0 bridgehead atoms. The summed E-state index contributed by atoms with van der Waals surface area (Å²) in [6.07, 6.45) is 2.43. The molecule has 0 amide bonds. The van der Waals surface area contributed by atoms with Gasteiger partial charge in [0.2, 0.25) is 0 Å². The minimum atomic E-state index is 0.227. The van der Waals surface area contributed by atoms with Gasteiger partial charge in [-0.1, -0.05) is 0 Å². The van der Waals surface area contributed by atoms with E-state index in [0.717, 1.165) is 26.1 Å². The number of unbranched alkanes of at least 4 members (excludes halogenated alkanes) is 1. The molecule has 0 aromatic carbocycles. The van der Waals surface area contributed by atoms with Crippen LogP contribution in [0.3, 0.4) is 0 Å². The van der Waals surface area contributed by atoms with E-state index in [0.29, 0.717) is 6.61 Å². The van der Waals surface area contributed by atoms with Crippen LogP contribution in [-0.4, -0.2) is 54.4 Å². The van der Waals surface area contributed by atoms with Gasteiger partial charge in [0, 0.05) is 41.7 Å². The molecule has 0 saturated carbocycles. The van der Waals surface area contributed by atoms with E-state index in [4.69, 9.17) is 18.9 Å². The van der Waals surface area contributed by atoms with Gasteiger partial charge < -0.3 is 18.9 Å². The molecule has 0 aliphatic heterocycles. The van der Waals surface area contributed by atoms with Crippen LogP contribution in [0.5, 0.6) is 0 Å². The lowest BCUT2D eigenvalue weighted by Crippen LogP contribution is -2.11. The molecule has 0 aliphatic rings. The summed E-state index contributed by atoms with van der Waals surface area (Å²) in [6, 6.07) is 0. The van der Waals surface area contributed by atoms with Gasteiger partial charge in [-0.15, -0.1) is 0 Å². The minimum absolute atomic E-state index is 0.227. The van der Waals surface area contributed by atoms with Gasteiger partial charge in [0.05, 0.1) is 12.7 Å². The monoisotopic (exact) mass is 222 g/mol. The van der Waals surface area contributed by atoms with E-state index in [2.05, 4.69) is 0 Å². The lowest BCUT2D eigenvalue weighted by atomic mass is 10.3. The highest BCUT2D eigenvalue weighted by molar-refractivity contribution is 4.41. The number of ether oxygens (including phenoxy) is 4. The van der Waals surface area contributed by atoms with E-state index in [1.54, 1.807) is 28.4 Å². The summed E-state index contributed by atoms with van der Waals surface area (Å²) in [5, 5.41) is 0. The number of methoxy groups -OCH3 is 4. The molecule has 0 N–H and O–H groups in total. The Hall–Kier alpha value is -0.160. The van der Waals surface area contributed by atoms with E-state index in [9.17, 15) is 0 Å². The maximum absolute atomic E-state index is 4.87. The fraction of sp³-hybridized carbons (Fsp3) is 1.00. The molecule has 0 aromatic heterocycles. The number of hydrogen-bond acceptors (Lipinski definition) is 4. The first-order chi connectivity index (χ1) is 7.22. The van der Waals surface area contributed by atoms with Crippen LogP contribution >= 0.6 is 0 Å². The number of hydrogen-bond donors (Lipinski definition) is 0. The van der Waals surface area contributed by atoms with E-state index in [-0.39, 0.29) is 6.10 Å². The summed E-state index contributed by atoms with van der Waals surface area (Å²) in [4.78, 5) is 0. The van der Waals surface area contributed by atoms with Gasteiger partial charge in [-0.3, -0.25) is 0 Å². The Kier molecular flexibility index (Phi) is 18.7. The Labute approximate surface area is 93.8 Å². The van der Waals surface area contributed by atoms with Crippen LogP contribution in [0, 0.1) is 0 Å². The molecule has 1 unspecified atom stereocenters. The normalized spacial score (nSPS) is 11.8. The largest absolute Gasteiger partial charge is 0.385 e. The van der Waals surface area contributed by atoms with Crippen molar-refractivity contribution in [2.45, 2.75) is 25.9 Å². The molecule has 0 spiro atoms. The Morgan fingerprint density at radius 3 is 1.47 bits per heavy atom. The van der Waals surface area contributed by atoms with Gasteiger partial charge in [0.15, 0.2) is 0 Å². The smallest absolute Gasteiger partial charge is 0.0776 e. The van der Waals surface area contributed by atoms with E-state index in [1.807, 2.05) is 6.92 Å². The van der Waals surface area contributed by atoms with Crippen LogP contribution in [0.4, 0.5) is 0 Å². The Bertz CT molecular complexity index is 92.6. The van der Waals surface area contributed by atoms with Gasteiger partial charge in [-0.25, -0.2) is 0 Å². The van der Waals surface area contributed by atoms with Crippen LogP contribution in [0.1, 0.15) is 19.8 Å². The highest BCUT2D eigenvalue weighted by Gasteiger charge is 1.93. The third-order valence-electron chi connectivity index (χ3n) is 1.75. The topological polar surface area (TPSA) is 36.9 Å². The van der Waals surface area contributed by atoms with Crippen molar-refractivity contribution < 1.29 is 18.9 Å². The molecule has 94 valence electrons. The van der Waals surface area contributed by atoms with Crippen molar-refractivity contribution in [2.75, 3.05) is 48.3 Å². The molecule has 0 rings (SSSR count). The van der Waals surface area contributed by atoms with Crippen molar-refractivity contribution in [1.29, 1.82) is 0 Å². The second-order valence-corrected chi connectivity index (χ2v) is 3.19. The summed E-state index contributed by atoms with van der Waals surface area (Å²) in [5.41, 5.74) is 0. The quantitative estimate of drug-likeness (QED) is 0.586. The predicted octanol–water partition coefficient (Wildman–Crippen LogP) is 1.73. The maximum Gasteiger partial charge on any atom is 0.0776 e. The van der Waals surface area contributed by atoms with E-state index >= 15 is 0 Å². The van der Waals surface area contributed by atoms with Gasteiger partial charge >= 0.3 is 0 Å². The lowest BCUT2D eigenvalue weighted by molar-refractivity contribution is 0.0401. The second-order valence-electron chi connectivity index (χ2n) is 3.19. The molecular weight excluding hydrogens is 196 g/mol. The molecule has 0 saturated heterocycles. The average molecular weight is 222 g/mol. The van der Waals surface area contributed by atoms with Crippen molar-refractivity contribution in [2.24, 2.45) is 0 Å². The fourth-order valence-corrected chi connectivity index (χ4v) is 0.796. The number of rotatable bonds is 8. The fourth-order valence-electron chi connectivity index (χ4n) is 0.796. The van der Waals surface area contributed by atoms with Crippen molar-refractivity contribution in [3.8, 4) is 0 Å². The molecule has 0 heterocycles. The molecule has 0 fully saturated rings. The molecule has 0 radical (unpaired) electrons. The molecule has 0 aliphatic carbocycles. The molecule has 1 atom stereocenters. The van der Waals surface area contributed by atoms with Crippen LogP contribution in [0.25, 0.3) is 0 Å². The van der Waals surface area contributed by atoms with Crippen LogP contribution in [0.15, 0.2) is 0 Å². The SMILES string of the molecule is COCC(C)OC.COCCCCOC. The zero-order chi connectivity index (χ0) is 11.9. The zero-order valence-corrected chi connectivity index (χ0v) is 10.7. The molecule has 0 aromatic rings. The summed E-state index contributed by atoms with van der Waals surface area (Å²) in [5.74, 6) is 0. The Morgan fingerprint density at radius 1 is 0.800 bits per heavy atom. The standard InChI is InChI=1S/C6H14O2.C5H12O2/c1-7-5-3-4-6-8-2;1-5(7-3)4-6-2/h3-6H2,1-2H3;5H,4H2,1-3H3. The first-order valence-corrected chi connectivity index (χ1v) is 5.22. The summed E-state index contributed by atoms with van der Waals surface area (Å²) in [7, 11) is 6.76. The first-order valence-electron chi connectivity index (χ1n) is 5.22. The van der Waals surface area contributed by atoms with Gasteiger partial charge in [0.1, 0.15) is 0 Å². The van der Waals surface area contributed by atoms with Crippen molar-refractivity contribution in [3.05, 3.63) is 0 Å². The van der Waals surface area contributed by atoms with Crippen LogP contribution in [0.2, 0.25) is 0 Å². The summed E-state index contributed by atoms with van der Waals surface area (Å²) < 4.78 is 19.3. The maximum atomic E-state index is 4.87. The lowest BCUT2D eigenvalue weighted by Gasteiger charge is -2.05. The van der Waals surface area contributed by atoms with Crippen LogP contribution in [-0.2, 0) is 18.9 Å². The second kappa shape index (κ2) is 16.3. The zero-order valence-electron chi connectivity index (χ0n) is 10.7. The highest BCUT2D eigenvalue weighted by atomic mass is 16.5. The average Bonchev–Trinajstić information content (AvgIpc) is 2.26. The first kappa shape index (κ1) is 17.2. The minimum Gasteiger partial charge on any atom is -0.385 e. The Morgan fingerprint density at radius 2 is 1.27 bits per heavy atom. The van der Waals surface area contributed by atoms with Crippen LogP contribution < -0.4 is 0 Å². The van der Waals surface area contributed by atoms with Gasteiger partial charge in [0.25, 0.3) is 0 Å². The predicted molar refractivity (Wildman–Crippen MR) is 61.3 cm³/mol. The third kappa shape index (κ3) is 20.0. The van der Waals surface area contributed by atoms with Gasteiger partial charge in [-0.2, -0.15) is 0 Å². The third-order valence-corrected chi connectivity index (χ3v) is 1.75. The van der Waals surface area contributed by atoms with E-state index in [1.165, 1.54) is 0 Å². The van der Waals surface area contributed by atoms with Crippen molar-refractivity contribution in [1.82, 2.24) is 0 Å². The summed E-state index contributed by atoms with van der Waals surface area (Å²) in [6.45, 7) is 4.34. The van der Waals surface area contributed by atoms with Gasteiger partial charge in [-0.05, 0) is 19.8 Å². The Balaban J connectivity index is 0. The van der Waals surface area contributed by atoms with Crippen molar-refractivity contribution in [3.63, 3.8) is 0 Å². The van der Waals surface area contributed by atoms with E-state index < -0.39 is 0 Å². The van der Waals surface area contributed by atoms with Crippen molar-refractivity contribution >= 4 is 0 Å². The molecule has 15 heavy (non-hydrogen) atoms.